The van der Waals surface area contributed by atoms with Crippen LogP contribution in [-0.4, -0.2) is 48.5 Å². The van der Waals surface area contributed by atoms with Crippen molar-refractivity contribution >= 4 is 38.4 Å². The lowest BCUT2D eigenvalue weighted by Crippen LogP contribution is -2.32. The van der Waals surface area contributed by atoms with Crippen LogP contribution in [0.15, 0.2) is 77.8 Å². The number of aromatic amines is 1. The fourth-order valence-electron chi connectivity index (χ4n) is 5.34. The second-order valence-electron chi connectivity index (χ2n) is 11.0. The van der Waals surface area contributed by atoms with Crippen molar-refractivity contribution in [1.82, 2.24) is 19.9 Å². The minimum atomic E-state index is -4.34. The Bertz CT molecular complexity index is 1890. The molecule has 0 aliphatic carbocycles. The number of H-pyrrole nitrogens is 1. The number of piperidine rings is 1. The molecule has 3 aromatic carbocycles. The number of methoxy groups -OCH3 is 1. The van der Waals surface area contributed by atoms with Crippen LogP contribution in [0.1, 0.15) is 25.3 Å². The number of halogens is 2. The quantitative estimate of drug-likeness (QED) is 0.169. The summed E-state index contributed by atoms with van der Waals surface area (Å²) in [5, 5.41) is 3.91. The summed E-state index contributed by atoms with van der Waals surface area (Å²) in [6.07, 6.45) is 4.26. The smallest absolute Gasteiger partial charge is 0.264 e. The van der Waals surface area contributed by atoms with Crippen LogP contribution in [-0.2, 0) is 16.6 Å². The molecule has 0 radical (unpaired) electrons. The van der Waals surface area contributed by atoms with Gasteiger partial charge in [0.25, 0.3) is 10.0 Å². The summed E-state index contributed by atoms with van der Waals surface area (Å²) in [7, 11) is -2.81. The van der Waals surface area contributed by atoms with Crippen molar-refractivity contribution in [3.63, 3.8) is 0 Å². The van der Waals surface area contributed by atoms with Crippen LogP contribution in [0.5, 0.6) is 5.88 Å². The molecule has 0 bridgehead atoms. The van der Waals surface area contributed by atoms with E-state index in [1.54, 1.807) is 18.3 Å². The molecule has 3 heterocycles. The number of aromatic nitrogens is 3. The van der Waals surface area contributed by atoms with Crippen LogP contribution in [0.25, 0.3) is 22.2 Å². The third-order valence-corrected chi connectivity index (χ3v) is 9.21. The van der Waals surface area contributed by atoms with E-state index in [4.69, 9.17) is 4.74 Å². The molecule has 5 aromatic rings. The van der Waals surface area contributed by atoms with Gasteiger partial charge in [0.2, 0.25) is 11.8 Å². The molecule has 6 rings (SSSR count). The summed E-state index contributed by atoms with van der Waals surface area (Å²) < 4.78 is 60.8. The van der Waals surface area contributed by atoms with Crippen LogP contribution in [0.3, 0.4) is 0 Å². The fourth-order valence-corrected chi connectivity index (χ4v) is 6.49. The van der Waals surface area contributed by atoms with Crippen LogP contribution in [0.4, 0.5) is 26.1 Å². The summed E-state index contributed by atoms with van der Waals surface area (Å²) in [6.45, 7) is 5.52. The van der Waals surface area contributed by atoms with Gasteiger partial charge in [0, 0.05) is 29.7 Å². The number of benzene rings is 3. The molecule has 2 aromatic heterocycles. The van der Waals surface area contributed by atoms with E-state index in [-0.39, 0.29) is 5.69 Å². The van der Waals surface area contributed by atoms with E-state index in [0.717, 1.165) is 54.5 Å². The SMILES string of the molecule is COc1nc(Nc2ccc(CN3CCC(C)CC3)cc2)nc2[nH]cc(-c3ccc(NS(=O)(=O)c4cc(F)ccc4F)cc3)c12. The first-order valence-electron chi connectivity index (χ1n) is 14.3. The molecule has 0 unspecified atom stereocenters. The van der Waals surface area contributed by atoms with Crippen molar-refractivity contribution in [2.24, 2.45) is 5.92 Å². The Morgan fingerprint density at radius 1 is 0.977 bits per heavy atom. The lowest BCUT2D eigenvalue weighted by atomic mass is 9.99. The molecule has 0 amide bonds. The van der Waals surface area contributed by atoms with Gasteiger partial charge in [0.1, 0.15) is 22.2 Å². The number of hydrogen-bond donors (Lipinski definition) is 3. The molecule has 0 saturated carbocycles. The van der Waals surface area contributed by atoms with Gasteiger partial charge in [0.05, 0.1) is 12.5 Å². The van der Waals surface area contributed by atoms with Crippen molar-refractivity contribution in [3.05, 3.63) is 90.1 Å². The van der Waals surface area contributed by atoms with Crippen molar-refractivity contribution in [1.29, 1.82) is 0 Å². The molecular formula is C32H32F2N6O3S. The topological polar surface area (TPSA) is 112 Å². The molecule has 44 heavy (non-hydrogen) atoms. The van der Waals surface area contributed by atoms with E-state index >= 15 is 0 Å². The van der Waals surface area contributed by atoms with E-state index in [9.17, 15) is 17.2 Å². The van der Waals surface area contributed by atoms with Crippen molar-refractivity contribution < 1.29 is 21.9 Å². The average molecular weight is 619 g/mol. The Balaban J connectivity index is 1.18. The molecule has 12 heteroatoms. The molecule has 0 spiro atoms. The zero-order valence-corrected chi connectivity index (χ0v) is 25.1. The predicted octanol–water partition coefficient (Wildman–Crippen LogP) is 6.69. The van der Waals surface area contributed by atoms with Crippen molar-refractivity contribution in [2.75, 3.05) is 30.2 Å². The number of sulfonamides is 1. The standard InChI is InChI=1S/C32H32F2N6O3S/c1-20-13-15-40(16-14-20)19-21-3-8-24(9-4-21)36-32-37-30-29(31(38-32)43-2)26(18-35-30)22-5-10-25(11-6-22)39-44(41,42)28-17-23(33)7-12-27(28)34/h3-12,17-18,20,39H,13-16,19H2,1-2H3,(H2,35,36,37,38). The number of nitrogens with zero attached hydrogens (tertiary/aromatic N) is 3. The lowest BCUT2D eigenvalue weighted by Gasteiger charge is -2.30. The first-order chi connectivity index (χ1) is 21.2. The number of nitrogens with one attached hydrogen (secondary N) is 3. The summed E-state index contributed by atoms with van der Waals surface area (Å²) in [6, 6.07) is 17.0. The Kier molecular flexibility index (Phi) is 8.19. The van der Waals surface area contributed by atoms with Gasteiger partial charge in [-0.15, -0.1) is 0 Å². The van der Waals surface area contributed by atoms with E-state index < -0.39 is 26.6 Å². The summed E-state index contributed by atoms with van der Waals surface area (Å²) in [4.78, 5) is 14.1. The molecule has 9 nitrogen and oxygen atoms in total. The highest BCUT2D eigenvalue weighted by molar-refractivity contribution is 7.92. The minimum Gasteiger partial charge on any atom is -0.480 e. The van der Waals surface area contributed by atoms with E-state index in [2.05, 4.69) is 48.9 Å². The Morgan fingerprint density at radius 3 is 2.39 bits per heavy atom. The molecule has 1 aliphatic heterocycles. The van der Waals surface area contributed by atoms with Gasteiger partial charge >= 0.3 is 0 Å². The monoisotopic (exact) mass is 618 g/mol. The molecule has 1 saturated heterocycles. The third kappa shape index (κ3) is 6.36. The highest BCUT2D eigenvalue weighted by Crippen LogP contribution is 2.35. The number of ether oxygens (including phenoxy) is 1. The van der Waals surface area contributed by atoms with Gasteiger partial charge in [-0.25, -0.2) is 17.2 Å². The van der Waals surface area contributed by atoms with Gasteiger partial charge in [-0.1, -0.05) is 31.2 Å². The lowest BCUT2D eigenvalue weighted by molar-refractivity contribution is 0.185. The van der Waals surface area contributed by atoms with E-state index in [0.29, 0.717) is 28.9 Å². The first-order valence-corrected chi connectivity index (χ1v) is 15.8. The largest absolute Gasteiger partial charge is 0.480 e. The summed E-state index contributed by atoms with van der Waals surface area (Å²) >= 11 is 0. The fraction of sp³-hybridized carbons (Fsp3) is 0.250. The van der Waals surface area contributed by atoms with Crippen molar-refractivity contribution in [3.8, 4) is 17.0 Å². The van der Waals surface area contributed by atoms with Crippen LogP contribution >= 0.6 is 0 Å². The van der Waals surface area contributed by atoms with E-state index in [1.165, 1.54) is 37.6 Å². The third-order valence-electron chi connectivity index (χ3n) is 7.82. The molecule has 3 N–H and O–H groups in total. The number of anilines is 3. The zero-order valence-electron chi connectivity index (χ0n) is 24.3. The predicted molar refractivity (Wildman–Crippen MR) is 166 cm³/mol. The molecule has 1 aliphatic rings. The van der Waals surface area contributed by atoms with Crippen LogP contribution < -0.4 is 14.8 Å². The number of fused-ring (bicyclic) bond motifs is 1. The second kappa shape index (κ2) is 12.2. The number of rotatable bonds is 9. The van der Waals surface area contributed by atoms with Gasteiger partial charge in [0.15, 0.2) is 0 Å². The van der Waals surface area contributed by atoms with Gasteiger partial charge in [-0.2, -0.15) is 9.97 Å². The normalized spacial score (nSPS) is 14.5. The maximum absolute atomic E-state index is 14.1. The molecule has 228 valence electrons. The Labute approximate surface area is 254 Å². The maximum Gasteiger partial charge on any atom is 0.264 e. The number of likely N-dealkylation sites (tertiary alicyclic amines) is 1. The molecule has 1 fully saturated rings. The Morgan fingerprint density at radius 2 is 1.68 bits per heavy atom. The highest BCUT2D eigenvalue weighted by atomic mass is 32.2. The summed E-state index contributed by atoms with van der Waals surface area (Å²) in [5.41, 5.74) is 4.32. The second-order valence-corrected chi connectivity index (χ2v) is 12.7. The van der Waals surface area contributed by atoms with E-state index in [1.807, 2.05) is 12.1 Å². The van der Waals surface area contributed by atoms with Gasteiger partial charge < -0.3 is 15.0 Å². The Hall–Kier alpha value is -4.55. The molecular weight excluding hydrogens is 586 g/mol. The number of hydrogen-bond acceptors (Lipinski definition) is 7. The minimum absolute atomic E-state index is 0.184. The highest BCUT2D eigenvalue weighted by Gasteiger charge is 2.21. The van der Waals surface area contributed by atoms with Crippen LogP contribution in [0, 0.1) is 17.6 Å². The van der Waals surface area contributed by atoms with Gasteiger partial charge in [-0.05, 0) is 85.4 Å². The van der Waals surface area contributed by atoms with Gasteiger partial charge in [-0.3, -0.25) is 9.62 Å². The summed E-state index contributed by atoms with van der Waals surface area (Å²) in [5.74, 6) is -0.369. The van der Waals surface area contributed by atoms with Crippen molar-refractivity contribution in [2.45, 2.75) is 31.2 Å². The zero-order chi connectivity index (χ0) is 30.8. The maximum atomic E-state index is 14.1. The first kappa shape index (κ1) is 29.5. The average Bonchev–Trinajstić information content (AvgIpc) is 3.44. The van der Waals surface area contributed by atoms with Crippen LogP contribution in [0.2, 0.25) is 0 Å². The molecule has 0 atom stereocenters.